The molecule has 1 amide bonds. The first-order chi connectivity index (χ1) is 9.75. The summed E-state index contributed by atoms with van der Waals surface area (Å²) in [6, 6.07) is 7.89. The number of carbonyl (C=O) groups is 1. The lowest BCUT2D eigenvalue weighted by atomic mass is 9.93. The van der Waals surface area contributed by atoms with Crippen molar-refractivity contribution in [2.45, 2.75) is 19.0 Å². The molecule has 2 N–H and O–H groups in total. The van der Waals surface area contributed by atoms with E-state index < -0.39 is 0 Å². The topological polar surface area (TPSA) is 61.0 Å². The normalized spacial score (nSPS) is 17.6. The van der Waals surface area contributed by atoms with Crippen molar-refractivity contribution in [1.82, 2.24) is 20.2 Å². The standard InChI is InChI=1S/C15H18N4O/c1-19(10-13-16-8-9-17-13)15(20)14-12-5-3-2-4-11(12)6-7-18-14/h2-5,8-9,14,18H,6-7,10H2,1H3,(H,16,17). The molecule has 104 valence electrons. The molecule has 2 aromatic rings. The second-order valence-electron chi connectivity index (χ2n) is 5.07. The van der Waals surface area contributed by atoms with E-state index in [0.29, 0.717) is 6.54 Å². The highest BCUT2D eigenvalue weighted by molar-refractivity contribution is 5.83. The van der Waals surface area contributed by atoms with E-state index in [9.17, 15) is 4.79 Å². The van der Waals surface area contributed by atoms with Crippen molar-refractivity contribution in [2.75, 3.05) is 13.6 Å². The summed E-state index contributed by atoms with van der Waals surface area (Å²) in [5.74, 6) is 0.874. The molecule has 0 bridgehead atoms. The number of carbonyl (C=O) groups excluding carboxylic acids is 1. The fourth-order valence-corrected chi connectivity index (χ4v) is 2.63. The van der Waals surface area contributed by atoms with Crippen LogP contribution in [0.25, 0.3) is 0 Å². The third-order valence-electron chi connectivity index (χ3n) is 3.67. The number of H-pyrrole nitrogens is 1. The second-order valence-corrected chi connectivity index (χ2v) is 5.07. The van der Waals surface area contributed by atoms with Gasteiger partial charge in [0.2, 0.25) is 5.91 Å². The van der Waals surface area contributed by atoms with Gasteiger partial charge in [-0.3, -0.25) is 4.79 Å². The van der Waals surface area contributed by atoms with Crippen LogP contribution in [-0.4, -0.2) is 34.4 Å². The van der Waals surface area contributed by atoms with Crippen molar-refractivity contribution in [3.8, 4) is 0 Å². The third kappa shape index (κ3) is 2.44. The number of nitrogens with zero attached hydrogens (tertiary/aromatic N) is 2. The predicted molar refractivity (Wildman–Crippen MR) is 76.0 cm³/mol. The fourth-order valence-electron chi connectivity index (χ4n) is 2.63. The molecule has 0 saturated carbocycles. The van der Waals surface area contributed by atoms with E-state index in [0.717, 1.165) is 24.4 Å². The lowest BCUT2D eigenvalue weighted by Crippen LogP contribution is -2.42. The Hall–Kier alpha value is -2.14. The Morgan fingerprint density at radius 1 is 1.45 bits per heavy atom. The first-order valence-electron chi connectivity index (χ1n) is 6.80. The van der Waals surface area contributed by atoms with Gasteiger partial charge in [-0.25, -0.2) is 4.98 Å². The van der Waals surface area contributed by atoms with Crippen LogP contribution in [0.4, 0.5) is 0 Å². The minimum absolute atomic E-state index is 0.0774. The molecular weight excluding hydrogens is 252 g/mol. The van der Waals surface area contributed by atoms with Gasteiger partial charge in [-0.1, -0.05) is 24.3 Å². The Morgan fingerprint density at radius 2 is 2.30 bits per heavy atom. The molecule has 3 rings (SSSR count). The van der Waals surface area contributed by atoms with E-state index in [4.69, 9.17) is 0 Å². The minimum Gasteiger partial charge on any atom is -0.347 e. The quantitative estimate of drug-likeness (QED) is 0.882. The number of amides is 1. The largest absolute Gasteiger partial charge is 0.347 e. The first-order valence-corrected chi connectivity index (χ1v) is 6.80. The number of aromatic amines is 1. The summed E-state index contributed by atoms with van der Waals surface area (Å²) in [5, 5.41) is 3.31. The number of imidazole rings is 1. The zero-order valence-electron chi connectivity index (χ0n) is 11.5. The van der Waals surface area contributed by atoms with Crippen LogP contribution in [0.5, 0.6) is 0 Å². The lowest BCUT2D eigenvalue weighted by Gasteiger charge is -2.29. The van der Waals surface area contributed by atoms with Gasteiger partial charge in [0, 0.05) is 26.0 Å². The number of benzene rings is 1. The number of aromatic nitrogens is 2. The third-order valence-corrected chi connectivity index (χ3v) is 3.67. The van der Waals surface area contributed by atoms with Gasteiger partial charge in [-0.2, -0.15) is 0 Å². The van der Waals surface area contributed by atoms with Crippen LogP contribution in [-0.2, 0) is 17.8 Å². The molecule has 1 atom stereocenters. The van der Waals surface area contributed by atoms with Gasteiger partial charge in [-0.15, -0.1) is 0 Å². The zero-order chi connectivity index (χ0) is 13.9. The fraction of sp³-hybridized carbons (Fsp3) is 0.333. The summed E-state index contributed by atoms with van der Waals surface area (Å²) < 4.78 is 0. The molecule has 2 heterocycles. The molecule has 5 nitrogen and oxygen atoms in total. The molecule has 0 radical (unpaired) electrons. The Morgan fingerprint density at radius 3 is 3.10 bits per heavy atom. The summed E-state index contributed by atoms with van der Waals surface area (Å²) in [5.41, 5.74) is 2.35. The van der Waals surface area contributed by atoms with Gasteiger partial charge in [0.25, 0.3) is 0 Å². The van der Waals surface area contributed by atoms with Crippen molar-refractivity contribution < 1.29 is 4.79 Å². The van der Waals surface area contributed by atoms with Crippen molar-refractivity contribution >= 4 is 5.91 Å². The van der Waals surface area contributed by atoms with Gasteiger partial charge >= 0.3 is 0 Å². The molecule has 1 unspecified atom stereocenters. The number of nitrogens with one attached hydrogen (secondary N) is 2. The van der Waals surface area contributed by atoms with E-state index >= 15 is 0 Å². The zero-order valence-corrected chi connectivity index (χ0v) is 11.5. The van der Waals surface area contributed by atoms with E-state index in [1.54, 1.807) is 17.3 Å². The van der Waals surface area contributed by atoms with Crippen molar-refractivity contribution in [1.29, 1.82) is 0 Å². The highest BCUT2D eigenvalue weighted by atomic mass is 16.2. The number of rotatable bonds is 3. The van der Waals surface area contributed by atoms with E-state index in [1.165, 1.54) is 5.56 Å². The van der Waals surface area contributed by atoms with Gasteiger partial charge in [0.1, 0.15) is 11.9 Å². The number of likely N-dealkylation sites (N-methyl/N-ethyl adjacent to an activating group) is 1. The molecule has 1 aromatic carbocycles. The van der Waals surface area contributed by atoms with Gasteiger partial charge in [-0.05, 0) is 17.5 Å². The number of hydrogen-bond donors (Lipinski definition) is 2. The SMILES string of the molecule is CN(Cc1ncc[nH]1)C(=O)C1NCCc2ccccc21. The lowest BCUT2D eigenvalue weighted by molar-refractivity contribution is -0.133. The summed E-state index contributed by atoms with van der Waals surface area (Å²) in [4.78, 5) is 21.5. The van der Waals surface area contributed by atoms with Crippen LogP contribution in [0.1, 0.15) is 23.0 Å². The molecule has 5 heteroatoms. The Bertz CT molecular complexity index is 594. The maximum atomic E-state index is 12.6. The summed E-state index contributed by atoms with van der Waals surface area (Å²) in [6.45, 7) is 1.33. The Balaban J connectivity index is 1.77. The maximum Gasteiger partial charge on any atom is 0.244 e. The van der Waals surface area contributed by atoms with Crippen LogP contribution < -0.4 is 5.32 Å². The molecule has 0 saturated heterocycles. The maximum absolute atomic E-state index is 12.6. The average molecular weight is 270 g/mol. The van der Waals surface area contributed by atoms with Crippen molar-refractivity contribution in [2.24, 2.45) is 0 Å². The second kappa shape index (κ2) is 5.46. The Labute approximate surface area is 118 Å². The van der Waals surface area contributed by atoms with E-state index in [2.05, 4.69) is 21.4 Å². The smallest absolute Gasteiger partial charge is 0.244 e. The summed E-state index contributed by atoms with van der Waals surface area (Å²) in [6.07, 6.45) is 4.44. The highest BCUT2D eigenvalue weighted by Crippen LogP contribution is 2.24. The van der Waals surface area contributed by atoms with Crippen LogP contribution in [0.2, 0.25) is 0 Å². The number of hydrogen-bond acceptors (Lipinski definition) is 3. The molecular formula is C15H18N4O. The monoisotopic (exact) mass is 270 g/mol. The van der Waals surface area contributed by atoms with Crippen molar-refractivity contribution in [3.05, 3.63) is 53.6 Å². The van der Waals surface area contributed by atoms with E-state index in [1.807, 2.05) is 25.2 Å². The Kier molecular flexibility index (Phi) is 3.52. The van der Waals surface area contributed by atoms with Gasteiger partial charge in [0.05, 0.1) is 6.54 Å². The van der Waals surface area contributed by atoms with Crippen LogP contribution in [0.3, 0.4) is 0 Å². The van der Waals surface area contributed by atoms with Crippen molar-refractivity contribution in [3.63, 3.8) is 0 Å². The van der Waals surface area contributed by atoms with Crippen LogP contribution in [0, 0.1) is 0 Å². The van der Waals surface area contributed by atoms with Crippen LogP contribution in [0.15, 0.2) is 36.7 Å². The molecule has 1 aromatic heterocycles. The predicted octanol–water partition coefficient (Wildman–Crippen LogP) is 1.26. The van der Waals surface area contributed by atoms with E-state index in [-0.39, 0.29) is 11.9 Å². The van der Waals surface area contributed by atoms with Gasteiger partial charge < -0.3 is 15.2 Å². The summed E-state index contributed by atoms with van der Waals surface area (Å²) in [7, 11) is 1.81. The molecule has 1 aliphatic heterocycles. The summed E-state index contributed by atoms with van der Waals surface area (Å²) >= 11 is 0. The molecule has 0 spiro atoms. The molecule has 1 aliphatic rings. The number of fused-ring (bicyclic) bond motifs is 1. The van der Waals surface area contributed by atoms with Crippen LogP contribution >= 0.6 is 0 Å². The molecule has 0 fully saturated rings. The first kappa shape index (κ1) is 12.9. The minimum atomic E-state index is -0.250. The molecule has 0 aliphatic carbocycles. The van der Waals surface area contributed by atoms with Gasteiger partial charge in [0.15, 0.2) is 0 Å². The molecule has 20 heavy (non-hydrogen) atoms. The highest BCUT2D eigenvalue weighted by Gasteiger charge is 2.28. The average Bonchev–Trinajstić information content (AvgIpc) is 2.99.